The van der Waals surface area contributed by atoms with Crippen molar-refractivity contribution in [1.29, 1.82) is 0 Å². The van der Waals surface area contributed by atoms with E-state index >= 15 is 0 Å². The zero-order valence-electron chi connectivity index (χ0n) is 12.7. The van der Waals surface area contributed by atoms with Crippen molar-refractivity contribution in [3.05, 3.63) is 30.1 Å². The maximum absolute atomic E-state index is 12.4. The van der Waals surface area contributed by atoms with Crippen molar-refractivity contribution in [3.63, 3.8) is 0 Å². The molecule has 0 spiro atoms. The second-order valence-corrected chi connectivity index (χ2v) is 6.48. The zero-order valence-corrected chi connectivity index (χ0v) is 12.7. The van der Waals surface area contributed by atoms with Crippen LogP contribution in [0.1, 0.15) is 12.0 Å². The van der Waals surface area contributed by atoms with Crippen LogP contribution in [0.3, 0.4) is 0 Å². The van der Waals surface area contributed by atoms with Crippen molar-refractivity contribution in [2.24, 2.45) is 11.3 Å². The van der Waals surface area contributed by atoms with Gasteiger partial charge in [-0.2, -0.15) is 0 Å². The summed E-state index contributed by atoms with van der Waals surface area (Å²) in [6.07, 6.45) is 4.52. The van der Waals surface area contributed by atoms with Gasteiger partial charge in [-0.25, -0.2) is 0 Å². The second kappa shape index (κ2) is 5.68. The van der Waals surface area contributed by atoms with E-state index < -0.39 is 11.4 Å². The summed E-state index contributed by atoms with van der Waals surface area (Å²) in [5.74, 6) is -0.680. The Kier molecular flexibility index (Phi) is 3.87. The highest BCUT2D eigenvalue weighted by Gasteiger charge is 2.57. The Morgan fingerprint density at radius 3 is 2.68 bits per heavy atom. The zero-order chi connectivity index (χ0) is 15.7. The third-order valence-corrected chi connectivity index (χ3v) is 4.93. The van der Waals surface area contributed by atoms with Crippen LogP contribution in [0.15, 0.2) is 24.5 Å². The molecule has 0 aromatic carbocycles. The molecule has 2 aliphatic heterocycles. The minimum Gasteiger partial charge on any atom is -0.481 e. The Bertz CT molecular complexity index is 577. The number of hydrogen-bond acceptors (Lipinski definition) is 4. The van der Waals surface area contributed by atoms with Crippen LogP contribution in [0, 0.1) is 11.3 Å². The Labute approximate surface area is 129 Å². The largest absolute Gasteiger partial charge is 0.481 e. The first kappa shape index (κ1) is 15.0. The number of pyridine rings is 1. The number of aromatic nitrogens is 1. The molecule has 1 amide bonds. The van der Waals surface area contributed by atoms with Crippen molar-refractivity contribution in [2.75, 3.05) is 33.2 Å². The van der Waals surface area contributed by atoms with Crippen LogP contribution >= 0.6 is 0 Å². The van der Waals surface area contributed by atoms with Gasteiger partial charge in [-0.1, -0.05) is 0 Å². The summed E-state index contributed by atoms with van der Waals surface area (Å²) in [6, 6.07) is 3.80. The third-order valence-electron chi connectivity index (χ3n) is 4.93. The standard InChI is InChI=1S/C16H21N3O3/c1-18-8-13-9-19(11-16(13,10-18)15(21)22)14(20)3-2-12-4-6-17-7-5-12/h4-7,13H,2-3,8-11H2,1H3,(H,21,22)/t13-,16-/m1/s1. The van der Waals surface area contributed by atoms with E-state index in [-0.39, 0.29) is 11.8 Å². The summed E-state index contributed by atoms with van der Waals surface area (Å²) < 4.78 is 0. The molecule has 1 aromatic rings. The SMILES string of the molecule is CN1C[C@@H]2CN(C(=O)CCc3ccncc3)C[C@]2(C(=O)O)C1. The number of amides is 1. The molecule has 6 heteroatoms. The van der Waals surface area contributed by atoms with Crippen LogP contribution in [0.25, 0.3) is 0 Å². The molecule has 6 nitrogen and oxygen atoms in total. The number of nitrogens with zero attached hydrogens (tertiary/aromatic N) is 3. The average Bonchev–Trinajstić information content (AvgIpc) is 2.99. The minimum atomic E-state index is -0.777. The molecule has 0 unspecified atom stereocenters. The van der Waals surface area contributed by atoms with Crippen LogP contribution in [-0.2, 0) is 16.0 Å². The summed E-state index contributed by atoms with van der Waals surface area (Å²) >= 11 is 0. The number of carbonyl (C=O) groups is 2. The van der Waals surface area contributed by atoms with Gasteiger partial charge in [0.2, 0.25) is 5.91 Å². The molecule has 3 rings (SSSR count). The molecule has 1 aromatic heterocycles. The van der Waals surface area contributed by atoms with E-state index in [9.17, 15) is 14.7 Å². The molecule has 1 N–H and O–H groups in total. The molecular weight excluding hydrogens is 282 g/mol. The number of carboxylic acid groups (broad SMARTS) is 1. The van der Waals surface area contributed by atoms with Gasteiger partial charge >= 0.3 is 5.97 Å². The molecule has 0 bridgehead atoms. The smallest absolute Gasteiger partial charge is 0.313 e. The van der Waals surface area contributed by atoms with Crippen molar-refractivity contribution in [2.45, 2.75) is 12.8 Å². The maximum Gasteiger partial charge on any atom is 0.313 e. The van der Waals surface area contributed by atoms with Gasteiger partial charge in [0.1, 0.15) is 5.41 Å². The van der Waals surface area contributed by atoms with Gasteiger partial charge in [0, 0.05) is 50.9 Å². The quantitative estimate of drug-likeness (QED) is 0.876. The highest BCUT2D eigenvalue weighted by molar-refractivity contribution is 5.81. The molecule has 0 aliphatic carbocycles. The first-order chi connectivity index (χ1) is 10.5. The maximum atomic E-state index is 12.4. The molecule has 2 atom stereocenters. The predicted octanol–water partition coefficient (Wildman–Crippen LogP) is 0.489. The Morgan fingerprint density at radius 2 is 2.05 bits per heavy atom. The van der Waals surface area contributed by atoms with E-state index in [1.54, 1.807) is 17.3 Å². The number of carboxylic acids is 1. The van der Waals surface area contributed by atoms with Gasteiger partial charge in [0.05, 0.1) is 0 Å². The molecule has 118 valence electrons. The molecule has 0 saturated carbocycles. The van der Waals surface area contributed by atoms with Gasteiger partial charge in [-0.15, -0.1) is 0 Å². The number of rotatable bonds is 4. The fraction of sp³-hybridized carbons (Fsp3) is 0.562. The second-order valence-electron chi connectivity index (χ2n) is 6.48. The van der Waals surface area contributed by atoms with Crippen molar-refractivity contribution >= 4 is 11.9 Å². The van der Waals surface area contributed by atoms with Crippen molar-refractivity contribution < 1.29 is 14.7 Å². The number of aryl methyl sites for hydroxylation is 1. The molecule has 22 heavy (non-hydrogen) atoms. The average molecular weight is 303 g/mol. The summed E-state index contributed by atoms with van der Waals surface area (Å²) in [5, 5.41) is 9.63. The molecule has 0 radical (unpaired) electrons. The highest BCUT2D eigenvalue weighted by Crippen LogP contribution is 2.42. The normalized spacial score (nSPS) is 27.9. The number of hydrogen-bond donors (Lipinski definition) is 1. The van der Waals surface area contributed by atoms with E-state index in [4.69, 9.17) is 0 Å². The van der Waals surface area contributed by atoms with E-state index in [1.165, 1.54) is 0 Å². The summed E-state index contributed by atoms with van der Waals surface area (Å²) in [7, 11) is 1.94. The topological polar surface area (TPSA) is 73.7 Å². The fourth-order valence-corrected chi connectivity index (χ4v) is 3.77. The Morgan fingerprint density at radius 1 is 1.32 bits per heavy atom. The van der Waals surface area contributed by atoms with Crippen LogP contribution in [0.2, 0.25) is 0 Å². The highest BCUT2D eigenvalue weighted by atomic mass is 16.4. The number of carbonyl (C=O) groups excluding carboxylic acids is 1. The van der Waals surface area contributed by atoms with E-state index in [1.807, 2.05) is 19.2 Å². The fourth-order valence-electron chi connectivity index (χ4n) is 3.77. The monoisotopic (exact) mass is 303 g/mol. The van der Waals surface area contributed by atoms with E-state index in [2.05, 4.69) is 9.88 Å². The van der Waals surface area contributed by atoms with Crippen LogP contribution in [0.5, 0.6) is 0 Å². The van der Waals surface area contributed by atoms with Crippen LogP contribution < -0.4 is 0 Å². The lowest BCUT2D eigenvalue weighted by Crippen LogP contribution is -2.41. The first-order valence-electron chi connectivity index (χ1n) is 7.60. The summed E-state index contributed by atoms with van der Waals surface area (Å²) in [4.78, 5) is 31.9. The molecular formula is C16H21N3O3. The van der Waals surface area contributed by atoms with Crippen LogP contribution in [-0.4, -0.2) is 65.0 Å². The minimum absolute atomic E-state index is 0.0416. The van der Waals surface area contributed by atoms with E-state index in [0.29, 0.717) is 32.5 Å². The van der Waals surface area contributed by atoms with Gasteiger partial charge in [0.25, 0.3) is 0 Å². The molecule has 2 saturated heterocycles. The first-order valence-corrected chi connectivity index (χ1v) is 7.60. The van der Waals surface area contributed by atoms with Gasteiger partial charge in [-0.3, -0.25) is 14.6 Å². The summed E-state index contributed by atoms with van der Waals surface area (Å²) in [5.41, 5.74) is 0.302. The number of aliphatic carboxylic acids is 1. The lowest BCUT2D eigenvalue weighted by molar-refractivity contribution is -0.149. The molecule has 2 fully saturated rings. The van der Waals surface area contributed by atoms with E-state index in [0.717, 1.165) is 12.1 Å². The molecule has 2 aliphatic rings. The van der Waals surface area contributed by atoms with Gasteiger partial charge in [-0.05, 0) is 31.2 Å². The number of likely N-dealkylation sites (tertiary alicyclic amines) is 2. The van der Waals surface area contributed by atoms with Gasteiger partial charge in [0.15, 0.2) is 0 Å². The lowest BCUT2D eigenvalue weighted by Gasteiger charge is -2.24. The van der Waals surface area contributed by atoms with Gasteiger partial charge < -0.3 is 14.9 Å². The lowest BCUT2D eigenvalue weighted by atomic mass is 9.81. The predicted molar refractivity (Wildman–Crippen MR) is 80.2 cm³/mol. The number of fused-ring (bicyclic) bond motifs is 1. The van der Waals surface area contributed by atoms with Crippen molar-refractivity contribution in [3.8, 4) is 0 Å². The third kappa shape index (κ3) is 2.59. The van der Waals surface area contributed by atoms with Crippen LogP contribution in [0.4, 0.5) is 0 Å². The Balaban J connectivity index is 1.63. The Hall–Kier alpha value is -1.95. The van der Waals surface area contributed by atoms with Crippen molar-refractivity contribution in [1.82, 2.24) is 14.8 Å². The summed E-state index contributed by atoms with van der Waals surface area (Å²) in [6.45, 7) is 2.18. The molecule has 3 heterocycles.